The summed E-state index contributed by atoms with van der Waals surface area (Å²) in [4.78, 5) is 31.3. The van der Waals surface area contributed by atoms with Gasteiger partial charge in [0.25, 0.3) is 5.69 Å². The number of carboxylic acid groups (broad SMARTS) is 1. The van der Waals surface area contributed by atoms with Gasteiger partial charge in [-0.2, -0.15) is 0 Å². The molecule has 0 amide bonds. The Morgan fingerprint density at radius 3 is 2.47 bits per heavy atom. The van der Waals surface area contributed by atoms with E-state index in [4.69, 9.17) is 5.11 Å². The minimum absolute atomic E-state index is 0.127. The first kappa shape index (κ1) is 13.3. The summed E-state index contributed by atoms with van der Waals surface area (Å²) in [5.74, 6) is -1.71. The minimum Gasteiger partial charge on any atom is -0.478 e. The first-order valence-electron chi connectivity index (χ1n) is 4.51. The van der Waals surface area contributed by atoms with Gasteiger partial charge in [-0.05, 0) is 13.0 Å². The number of halogens is 1. The van der Waals surface area contributed by atoms with Crippen molar-refractivity contribution in [3.8, 4) is 0 Å². The van der Waals surface area contributed by atoms with Crippen LogP contribution < -0.4 is 0 Å². The van der Waals surface area contributed by atoms with Gasteiger partial charge in [-0.3, -0.25) is 14.9 Å². The molecule has 1 aromatic rings. The summed E-state index contributed by atoms with van der Waals surface area (Å²) in [7, 11) is 0. The number of benzene rings is 1. The van der Waals surface area contributed by atoms with Crippen LogP contribution in [0.1, 0.15) is 27.7 Å². The Kier molecular flexibility index (Phi) is 3.95. The molecule has 90 valence electrons. The summed E-state index contributed by atoms with van der Waals surface area (Å²) in [6, 6.07) is 3.66. The quantitative estimate of drug-likeness (QED) is 0.523. The van der Waals surface area contributed by atoms with Crippen molar-refractivity contribution < 1.29 is 19.6 Å². The molecule has 0 fully saturated rings. The molecule has 0 saturated heterocycles. The molecule has 17 heavy (non-hydrogen) atoms. The van der Waals surface area contributed by atoms with Gasteiger partial charge >= 0.3 is 5.97 Å². The van der Waals surface area contributed by atoms with Crippen molar-refractivity contribution in [1.82, 2.24) is 0 Å². The van der Waals surface area contributed by atoms with Gasteiger partial charge in [0.15, 0.2) is 0 Å². The summed E-state index contributed by atoms with van der Waals surface area (Å²) >= 11 is 2.97. The number of carbonyl (C=O) groups is 2. The second kappa shape index (κ2) is 5.05. The monoisotopic (exact) mass is 301 g/mol. The molecule has 1 aromatic carbocycles. The van der Waals surface area contributed by atoms with Gasteiger partial charge in [-0.25, -0.2) is 4.79 Å². The van der Waals surface area contributed by atoms with E-state index in [0.29, 0.717) is 0 Å². The van der Waals surface area contributed by atoms with Gasteiger partial charge in [0.2, 0.25) is 0 Å². The Morgan fingerprint density at radius 2 is 2.06 bits per heavy atom. The largest absolute Gasteiger partial charge is 0.478 e. The summed E-state index contributed by atoms with van der Waals surface area (Å²) in [5.41, 5.74) is -0.768. The van der Waals surface area contributed by atoms with Crippen molar-refractivity contribution in [2.75, 3.05) is 0 Å². The number of ketones is 1. The van der Waals surface area contributed by atoms with E-state index in [1.807, 2.05) is 0 Å². The fourth-order valence-electron chi connectivity index (χ4n) is 1.37. The Bertz CT molecular complexity index is 467. The van der Waals surface area contributed by atoms with Gasteiger partial charge in [-0.1, -0.05) is 22.0 Å². The second-order valence-electron chi connectivity index (χ2n) is 3.27. The van der Waals surface area contributed by atoms with Crippen molar-refractivity contribution in [2.24, 2.45) is 0 Å². The van der Waals surface area contributed by atoms with Gasteiger partial charge in [-0.15, -0.1) is 0 Å². The highest BCUT2D eigenvalue weighted by atomic mass is 79.9. The number of carbonyl (C=O) groups excluding carboxylic acids is 1. The maximum Gasteiger partial charge on any atom is 0.336 e. The van der Waals surface area contributed by atoms with Crippen molar-refractivity contribution in [2.45, 2.75) is 11.8 Å². The van der Waals surface area contributed by atoms with E-state index in [1.54, 1.807) is 0 Å². The molecule has 0 heterocycles. The number of rotatable bonds is 4. The SMILES string of the molecule is CC(=O)C(Br)c1c(C(=O)O)cccc1[N+](=O)[O-]. The average molecular weight is 302 g/mol. The molecule has 0 aliphatic heterocycles. The van der Waals surface area contributed by atoms with E-state index in [0.717, 1.165) is 0 Å². The molecule has 1 N–H and O–H groups in total. The smallest absolute Gasteiger partial charge is 0.336 e. The number of Topliss-reactive ketones (excluding diaryl/α,β-unsaturated/α-hetero) is 1. The van der Waals surface area contributed by atoms with Crippen molar-refractivity contribution in [1.29, 1.82) is 0 Å². The van der Waals surface area contributed by atoms with Crippen LogP contribution in [0.2, 0.25) is 0 Å². The van der Waals surface area contributed by atoms with Crippen LogP contribution in [0, 0.1) is 10.1 Å². The third-order valence-electron chi connectivity index (χ3n) is 2.12. The predicted octanol–water partition coefficient (Wildman–Crippen LogP) is 2.32. The maximum absolute atomic E-state index is 11.2. The molecule has 6 nitrogen and oxygen atoms in total. The van der Waals surface area contributed by atoms with E-state index in [9.17, 15) is 19.7 Å². The molecule has 0 radical (unpaired) electrons. The van der Waals surface area contributed by atoms with Crippen LogP contribution >= 0.6 is 15.9 Å². The molecule has 1 unspecified atom stereocenters. The van der Waals surface area contributed by atoms with Crippen LogP contribution in [0.25, 0.3) is 0 Å². The van der Waals surface area contributed by atoms with Gasteiger partial charge in [0, 0.05) is 6.07 Å². The number of alkyl halides is 1. The van der Waals surface area contributed by atoms with Gasteiger partial charge < -0.3 is 5.11 Å². The van der Waals surface area contributed by atoms with Gasteiger partial charge in [0.05, 0.1) is 16.1 Å². The Hall–Kier alpha value is -1.76. The number of hydrogen-bond donors (Lipinski definition) is 1. The van der Waals surface area contributed by atoms with Crippen LogP contribution in [0.3, 0.4) is 0 Å². The number of nitro benzene ring substituents is 1. The first-order valence-corrected chi connectivity index (χ1v) is 5.43. The molecular formula is C10H8BrNO5. The molecule has 1 atom stereocenters. The van der Waals surface area contributed by atoms with Crippen LogP contribution in [0.4, 0.5) is 5.69 Å². The van der Waals surface area contributed by atoms with Crippen LogP contribution in [0.15, 0.2) is 18.2 Å². The molecule has 0 saturated carbocycles. The lowest BCUT2D eigenvalue weighted by Gasteiger charge is -2.10. The molecule has 0 aromatic heterocycles. The van der Waals surface area contributed by atoms with Crippen molar-refractivity contribution >= 4 is 33.4 Å². The van der Waals surface area contributed by atoms with Crippen LogP contribution in [-0.4, -0.2) is 21.8 Å². The first-order chi connectivity index (χ1) is 7.86. The standard InChI is InChI=1S/C10H8BrNO5/c1-5(13)9(11)8-6(10(14)15)3-2-4-7(8)12(16)17/h2-4,9H,1H3,(H,14,15). The molecule has 0 spiro atoms. The Balaban J connectivity index is 3.54. The average Bonchev–Trinajstić information content (AvgIpc) is 2.26. The highest BCUT2D eigenvalue weighted by Crippen LogP contribution is 2.34. The molecule has 0 bridgehead atoms. The Labute approximate surface area is 105 Å². The van der Waals surface area contributed by atoms with E-state index in [-0.39, 0.29) is 16.8 Å². The van der Waals surface area contributed by atoms with Crippen LogP contribution in [0.5, 0.6) is 0 Å². The molecular weight excluding hydrogens is 294 g/mol. The zero-order valence-electron chi connectivity index (χ0n) is 8.71. The summed E-state index contributed by atoms with van der Waals surface area (Å²) in [6.07, 6.45) is 0. The van der Waals surface area contributed by atoms with E-state index in [1.165, 1.54) is 25.1 Å². The lowest BCUT2D eigenvalue weighted by Crippen LogP contribution is -2.11. The fourth-order valence-corrected chi connectivity index (χ4v) is 1.85. The summed E-state index contributed by atoms with van der Waals surface area (Å²) < 4.78 is 0. The molecule has 7 heteroatoms. The molecule has 1 rings (SSSR count). The summed E-state index contributed by atoms with van der Waals surface area (Å²) in [6.45, 7) is 1.22. The zero-order chi connectivity index (χ0) is 13.2. The van der Waals surface area contributed by atoms with Crippen LogP contribution in [-0.2, 0) is 4.79 Å². The minimum atomic E-state index is -1.31. The van der Waals surface area contributed by atoms with E-state index < -0.39 is 21.5 Å². The van der Waals surface area contributed by atoms with Crippen molar-refractivity contribution in [3.05, 3.63) is 39.4 Å². The van der Waals surface area contributed by atoms with Crippen molar-refractivity contribution in [3.63, 3.8) is 0 Å². The van der Waals surface area contributed by atoms with E-state index in [2.05, 4.69) is 15.9 Å². The highest BCUT2D eigenvalue weighted by Gasteiger charge is 2.28. The third-order valence-corrected chi connectivity index (χ3v) is 3.22. The maximum atomic E-state index is 11.2. The number of carboxylic acids is 1. The lowest BCUT2D eigenvalue weighted by molar-refractivity contribution is -0.385. The fraction of sp³-hybridized carbons (Fsp3) is 0.200. The zero-order valence-corrected chi connectivity index (χ0v) is 10.3. The number of hydrogen-bond acceptors (Lipinski definition) is 4. The summed E-state index contributed by atoms with van der Waals surface area (Å²) in [5, 5.41) is 19.8. The highest BCUT2D eigenvalue weighted by molar-refractivity contribution is 9.09. The number of nitro groups is 1. The number of nitrogens with zero attached hydrogens (tertiary/aromatic N) is 1. The predicted molar refractivity (Wildman–Crippen MR) is 62.4 cm³/mol. The molecule has 0 aliphatic rings. The second-order valence-corrected chi connectivity index (χ2v) is 4.19. The van der Waals surface area contributed by atoms with Gasteiger partial charge in [0.1, 0.15) is 10.6 Å². The Morgan fingerprint density at radius 1 is 1.47 bits per heavy atom. The third kappa shape index (κ3) is 2.68. The van der Waals surface area contributed by atoms with E-state index >= 15 is 0 Å². The topological polar surface area (TPSA) is 97.5 Å². The number of aromatic carboxylic acids is 1. The normalized spacial score (nSPS) is 11.9. The lowest BCUT2D eigenvalue weighted by atomic mass is 10.0. The molecule has 0 aliphatic carbocycles.